The Labute approximate surface area is 120 Å². The van der Waals surface area contributed by atoms with Gasteiger partial charge in [0.15, 0.2) is 0 Å². The van der Waals surface area contributed by atoms with Crippen molar-refractivity contribution in [3.8, 4) is 0 Å². The Morgan fingerprint density at radius 1 is 1.22 bits per heavy atom. The van der Waals surface area contributed by atoms with E-state index in [1.807, 2.05) is 0 Å². The average Bonchev–Trinajstić information content (AvgIpc) is 2.34. The molecule has 0 saturated heterocycles. The molecule has 100 valence electrons. The van der Waals surface area contributed by atoms with Crippen molar-refractivity contribution in [1.29, 1.82) is 0 Å². The number of nitrogens with zero attached hydrogens (tertiary/aromatic N) is 1. The summed E-state index contributed by atoms with van der Waals surface area (Å²) in [5.41, 5.74) is 3.44. The van der Waals surface area contributed by atoms with Gasteiger partial charge in [-0.2, -0.15) is 0 Å². The minimum Gasteiger partial charge on any atom is -0.298 e. The van der Waals surface area contributed by atoms with E-state index in [9.17, 15) is 0 Å². The number of alkyl halides is 1. The molecule has 2 rings (SSSR count). The molecule has 0 radical (unpaired) electrons. The zero-order valence-corrected chi connectivity index (χ0v) is 13.3. The van der Waals surface area contributed by atoms with Crippen LogP contribution in [-0.2, 0) is 13.0 Å². The highest BCUT2D eigenvalue weighted by Crippen LogP contribution is 2.30. The average molecular weight is 310 g/mol. The van der Waals surface area contributed by atoms with Crippen LogP contribution in [0, 0.1) is 11.3 Å². The van der Waals surface area contributed by atoms with Gasteiger partial charge in [0, 0.05) is 25.0 Å². The van der Waals surface area contributed by atoms with Gasteiger partial charge in [-0.05, 0) is 28.9 Å². The molecule has 0 aliphatic carbocycles. The first-order valence-corrected chi connectivity index (χ1v) is 7.98. The van der Waals surface area contributed by atoms with Crippen LogP contribution in [0.5, 0.6) is 0 Å². The lowest BCUT2D eigenvalue weighted by Gasteiger charge is -2.36. The summed E-state index contributed by atoms with van der Waals surface area (Å²) < 4.78 is 0. The largest absolute Gasteiger partial charge is 0.298 e. The van der Waals surface area contributed by atoms with Crippen LogP contribution in [0.4, 0.5) is 0 Å². The number of fused-ring (bicyclic) bond motifs is 1. The van der Waals surface area contributed by atoms with Crippen LogP contribution >= 0.6 is 15.9 Å². The molecule has 1 aromatic rings. The van der Waals surface area contributed by atoms with E-state index in [2.05, 4.69) is 65.9 Å². The molecule has 0 aromatic heterocycles. The van der Waals surface area contributed by atoms with Crippen LogP contribution in [0.25, 0.3) is 0 Å². The molecule has 2 heteroatoms. The minimum absolute atomic E-state index is 0.375. The van der Waals surface area contributed by atoms with Crippen molar-refractivity contribution in [3.05, 3.63) is 35.4 Å². The van der Waals surface area contributed by atoms with E-state index in [-0.39, 0.29) is 0 Å². The Kier molecular flexibility index (Phi) is 4.50. The van der Waals surface area contributed by atoms with Crippen molar-refractivity contribution in [1.82, 2.24) is 4.90 Å². The lowest BCUT2D eigenvalue weighted by Crippen LogP contribution is -2.39. The van der Waals surface area contributed by atoms with Gasteiger partial charge >= 0.3 is 0 Å². The summed E-state index contributed by atoms with van der Waals surface area (Å²) in [6.07, 6.45) is 1.20. The van der Waals surface area contributed by atoms with E-state index in [1.54, 1.807) is 5.56 Å². The summed E-state index contributed by atoms with van der Waals surface area (Å²) in [4.78, 5) is 2.61. The predicted molar refractivity (Wildman–Crippen MR) is 82.2 cm³/mol. The summed E-state index contributed by atoms with van der Waals surface area (Å²) in [7, 11) is 0. The third-order valence-corrected chi connectivity index (χ3v) is 4.88. The number of rotatable bonds is 3. The normalized spacial score (nSPS) is 18.4. The zero-order valence-electron chi connectivity index (χ0n) is 11.7. The maximum Gasteiger partial charge on any atom is 0.0236 e. The monoisotopic (exact) mass is 309 g/mol. The Morgan fingerprint density at radius 3 is 2.50 bits per heavy atom. The number of hydrogen-bond donors (Lipinski definition) is 0. The molecule has 0 fully saturated rings. The quantitative estimate of drug-likeness (QED) is 0.760. The van der Waals surface area contributed by atoms with Crippen molar-refractivity contribution in [2.75, 3.05) is 18.4 Å². The summed E-state index contributed by atoms with van der Waals surface area (Å²) in [6.45, 7) is 10.6. The Bertz CT molecular complexity index is 394. The van der Waals surface area contributed by atoms with Crippen LogP contribution in [0.3, 0.4) is 0 Å². The number of hydrogen-bond acceptors (Lipinski definition) is 1. The molecular weight excluding hydrogens is 286 g/mol. The molecule has 1 aliphatic rings. The lowest BCUT2D eigenvalue weighted by atomic mass is 9.81. The highest BCUT2D eigenvalue weighted by molar-refractivity contribution is 9.09. The molecule has 1 aromatic carbocycles. The first-order valence-electron chi connectivity index (χ1n) is 6.86. The molecule has 0 amide bonds. The van der Waals surface area contributed by atoms with Gasteiger partial charge in [0.25, 0.3) is 0 Å². The van der Waals surface area contributed by atoms with E-state index < -0.39 is 0 Å². The highest BCUT2D eigenvalue weighted by atomic mass is 79.9. The summed E-state index contributed by atoms with van der Waals surface area (Å²) >= 11 is 3.68. The lowest BCUT2D eigenvalue weighted by molar-refractivity contribution is 0.155. The van der Waals surface area contributed by atoms with Crippen molar-refractivity contribution in [2.24, 2.45) is 11.3 Å². The predicted octanol–water partition coefficient (Wildman–Crippen LogP) is 4.10. The molecule has 1 aliphatic heterocycles. The maximum absolute atomic E-state index is 3.68. The zero-order chi connectivity index (χ0) is 13.2. The van der Waals surface area contributed by atoms with Gasteiger partial charge < -0.3 is 0 Å². The highest BCUT2D eigenvalue weighted by Gasteiger charge is 2.27. The van der Waals surface area contributed by atoms with Crippen LogP contribution in [0.1, 0.15) is 31.9 Å². The summed E-state index contributed by atoms with van der Waals surface area (Å²) in [6, 6.07) is 8.87. The first kappa shape index (κ1) is 14.1. The maximum atomic E-state index is 3.68. The van der Waals surface area contributed by atoms with Gasteiger partial charge in [-0.15, -0.1) is 0 Å². The van der Waals surface area contributed by atoms with E-state index in [1.165, 1.54) is 25.1 Å². The number of benzene rings is 1. The number of halogens is 1. The van der Waals surface area contributed by atoms with Crippen molar-refractivity contribution in [3.63, 3.8) is 0 Å². The SMILES string of the molecule is CC(C)(C)C(CBr)CN1CCc2ccccc2C1. The van der Waals surface area contributed by atoms with Gasteiger partial charge in [-0.3, -0.25) is 4.90 Å². The molecule has 0 N–H and O–H groups in total. The fraction of sp³-hybridized carbons (Fsp3) is 0.625. The second kappa shape index (κ2) is 5.75. The fourth-order valence-corrected chi connectivity index (χ4v) is 3.75. The molecule has 0 saturated carbocycles. The van der Waals surface area contributed by atoms with Crippen LogP contribution in [0.2, 0.25) is 0 Å². The topological polar surface area (TPSA) is 3.24 Å². The molecule has 1 heterocycles. The second-order valence-corrected chi connectivity index (χ2v) is 7.12. The molecule has 1 atom stereocenters. The van der Waals surface area contributed by atoms with Crippen molar-refractivity contribution in [2.45, 2.75) is 33.7 Å². The van der Waals surface area contributed by atoms with Crippen LogP contribution < -0.4 is 0 Å². The third kappa shape index (κ3) is 3.36. The molecule has 18 heavy (non-hydrogen) atoms. The molecule has 0 bridgehead atoms. The van der Waals surface area contributed by atoms with Gasteiger partial charge in [-0.1, -0.05) is 61.0 Å². The second-order valence-electron chi connectivity index (χ2n) is 6.47. The molecular formula is C16H24BrN. The third-order valence-electron chi connectivity index (χ3n) is 4.10. The Balaban J connectivity index is 2.01. The Morgan fingerprint density at radius 2 is 1.89 bits per heavy atom. The molecule has 1 nitrogen and oxygen atoms in total. The van der Waals surface area contributed by atoms with E-state index in [0.29, 0.717) is 11.3 Å². The first-order chi connectivity index (χ1) is 8.50. The van der Waals surface area contributed by atoms with Gasteiger partial charge in [0.05, 0.1) is 0 Å². The van der Waals surface area contributed by atoms with Gasteiger partial charge in [-0.25, -0.2) is 0 Å². The summed E-state index contributed by atoms with van der Waals surface area (Å²) in [5.74, 6) is 0.711. The van der Waals surface area contributed by atoms with Crippen molar-refractivity contribution < 1.29 is 0 Å². The Hall–Kier alpha value is -0.340. The van der Waals surface area contributed by atoms with Crippen LogP contribution in [0.15, 0.2) is 24.3 Å². The standard InChI is InChI=1S/C16H24BrN/c1-16(2,3)15(10-17)12-18-9-8-13-6-4-5-7-14(13)11-18/h4-7,15H,8-12H2,1-3H3. The fourth-order valence-electron chi connectivity index (χ4n) is 2.58. The van der Waals surface area contributed by atoms with E-state index in [4.69, 9.17) is 0 Å². The van der Waals surface area contributed by atoms with E-state index in [0.717, 1.165) is 11.9 Å². The van der Waals surface area contributed by atoms with Gasteiger partial charge in [0.2, 0.25) is 0 Å². The van der Waals surface area contributed by atoms with Crippen molar-refractivity contribution >= 4 is 15.9 Å². The van der Waals surface area contributed by atoms with E-state index >= 15 is 0 Å². The molecule has 1 unspecified atom stereocenters. The smallest absolute Gasteiger partial charge is 0.0236 e. The van der Waals surface area contributed by atoms with Crippen LogP contribution in [-0.4, -0.2) is 23.3 Å². The molecule has 0 spiro atoms. The van der Waals surface area contributed by atoms with Gasteiger partial charge in [0.1, 0.15) is 0 Å². The summed E-state index contributed by atoms with van der Waals surface area (Å²) in [5, 5.41) is 1.09. The minimum atomic E-state index is 0.375.